The predicted octanol–water partition coefficient (Wildman–Crippen LogP) is 2.85. The van der Waals surface area contributed by atoms with E-state index in [1.165, 1.54) is 37.4 Å². The molecular formula is C24H26N4O7. The van der Waals surface area contributed by atoms with Gasteiger partial charge in [-0.05, 0) is 43.2 Å². The van der Waals surface area contributed by atoms with Crippen LogP contribution in [0.3, 0.4) is 0 Å². The van der Waals surface area contributed by atoms with Crippen molar-refractivity contribution < 1.29 is 28.8 Å². The zero-order chi connectivity index (χ0) is 25.7. The molecule has 4 amide bonds. The molecule has 184 valence electrons. The first-order valence-corrected chi connectivity index (χ1v) is 11.1. The largest absolute Gasteiger partial charge is 0.497 e. The molecule has 1 unspecified atom stereocenters. The molecule has 0 spiro atoms. The second-order valence-electron chi connectivity index (χ2n) is 7.96. The van der Waals surface area contributed by atoms with E-state index in [4.69, 9.17) is 4.74 Å². The summed E-state index contributed by atoms with van der Waals surface area (Å²) in [7, 11) is 1.48. The second kappa shape index (κ2) is 10.8. The van der Waals surface area contributed by atoms with E-state index in [0.29, 0.717) is 18.6 Å². The summed E-state index contributed by atoms with van der Waals surface area (Å²) in [6.45, 7) is 3.63. The van der Waals surface area contributed by atoms with Crippen molar-refractivity contribution in [1.82, 2.24) is 10.4 Å². The number of nitrogens with one attached hydrogen (secondary N) is 1. The maximum Gasteiger partial charge on any atom is 0.273 e. The van der Waals surface area contributed by atoms with Gasteiger partial charge in [-0.3, -0.25) is 34.7 Å². The van der Waals surface area contributed by atoms with Gasteiger partial charge in [0.2, 0.25) is 11.8 Å². The van der Waals surface area contributed by atoms with E-state index in [9.17, 15) is 29.3 Å². The van der Waals surface area contributed by atoms with Crippen LogP contribution >= 0.6 is 0 Å². The van der Waals surface area contributed by atoms with E-state index >= 15 is 0 Å². The number of nitro benzene ring substituents is 1. The summed E-state index contributed by atoms with van der Waals surface area (Å²) in [4.78, 5) is 63.9. The number of benzene rings is 2. The Morgan fingerprint density at radius 1 is 1.17 bits per heavy atom. The van der Waals surface area contributed by atoms with Crippen molar-refractivity contribution in [1.29, 1.82) is 0 Å². The summed E-state index contributed by atoms with van der Waals surface area (Å²) in [5.74, 6) is -2.49. The van der Waals surface area contributed by atoms with Gasteiger partial charge in [0.05, 0.1) is 24.1 Å². The third kappa shape index (κ3) is 5.29. The molecule has 0 aromatic heterocycles. The molecule has 3 rings (SSSR count). The van der Waals surface area contributed by atoms with E-state index in [-0.39, 0.29) is 23.4 Å². The SMILES string of the molecule is CCC(CC)C(=O)NN(C(=O)c1cccc([N+](=O)[O-])c1)C1CC(=O)N(c2ccc(OC)cc2)C1=O. The molecule has 1 heterocycles. The number of ether oxygens (including phenoxy) is 1. The summed E-state index contributed by atoms with van der Waals surface area (Å²) >= 11 is 0. The van der Waals surface area contributed by atoms with E-state index in [2.05, 4.69) is 5.43 Å². The van der Waals surface area contributed by atoms with Crippen molar-refractivity contribution in [2.75, 3.05) is 12.0 Å². The van der Waals surface area contributed by atoms with Crippen LogP contribution in [0.2, 0.25) is 0 Å². The van der Waals surface area contributed by atoms with Crippen LogP contribution in [0.25, 0.3) is 0 Å². The van der Waals surface area contributed by atoms with Gasteiger partial charge in [0.15, 0.2) is 0 Å². The number of imide groups is 1. The predicted molar refractivity (Wildman–Crippen MR) is 125 cm³/mol. The number of methoxy groups -OCH3 is 1. The van der Waals surface area contributed by atoms with Crippen LogP contribution in [0.4, 0.5) is 11.4 Å². The van der Waals surface area contributed by atoms with Crippen molar-refractivity contribution >= 4 is 35.0 Å². The van der Waals surface area contributed by atoms with Gasteiger partial charge in [-0.25, -0.2) is 9.91 Å². The number of amides is 4. The van der Waals surface area contributed by atoms with E-state index in [0.717, 1.165) is 16.0 Å². The maximum absolute atomic E-state index is 13.4. The zero-order valence-electron chi connectivity index (χ0n) is 19.6. The monoisotopic (exact) mass is 482 g/mol. The Morgan fingerprint density at radius 3 is 2.40 bits per heavy atom. The maximum atomic E-state index is 13.4. The van der Waals surface area contributed by atoms with Crippen molar-refractivity contribution in [3.63, 3.8) is 0 Å². The molecular weight excluding hydrogens is 456 g/mol. The van der Waals surface area contributed by atoms with E-state index < -0.39 is 40.5 Å². The topological polar surface area (TPSA) is 139 Å². The molecule has 11 nitrogen and oxygen atoms in total. The highest BCUT2D eigenvalue weighted by Crippen LogP contribution is 2.28. The molecule has 0 bridgehead atoms. The van der Waals surface area contributed by atoms with Gasteiger partial charge in [-0.15, -0.1) is 0 Å². The smallest absolute Gasteiger partial charge is 0.273 e. The number of hydrogen-bond acceptors (Lipinski definition) is 7. The highest BCUT2D eigenvalue weighted by molar-refractivity contribution is 6.23. The highest BCUT2D eigenvalue weighted by atomic mass is 16.6. The fourth-order valence-corrected chi connectivity index (χ4v) is 3.85. The van der Waals surface area contributed by atoms with Gasteiger partial charge in [0.1, 0.15) is 11.8 Å². The van der Waals surface area contributed by atoms with Gasteiger partial charge in [-0.2, -0.15) is 0 Å². The average Bonchev–Trinajstić information content (AvgIpc) is 3.16. The number of carbonyl (C=O) groups excluding carboxylic acids is 4. The number of nitrogens with zero attached hydrogens (tertiary/aromatic N) is 3. The van der Waals surface area contributed by atoms with Crippen LogP contribution in [-0.2, 0) is 14.4 Å². The Hall–Kier alpha value is -4.28. The molecule has 0 saturated carbocycles. The molecule has 1 aliphatic rings. The lowest BCUT2D eigenvalue weighted by Crippen LogP contribution is -2.55. The first-order chi connectivity index (χ1) is 16.7. The normalized spacial score (nSPS) is 15.3. The summed E-state index contributed by atoms with van der Waals surface area (Å²) < 4.78 is 5.10. The van der Waals surface area contributed by atoms with Gasteiger partial charge >= 0.3 is 0 Å². The molecule has 2 aromatic carbocycles. The zero-order valence-corrected chi connectivity index (χ0v) is 19.6. The molecule has 1 fully saturated rings. The van der Waals surface area contributed by atoms with Crippen LogP contribution in [0.5, 0.6) is 5.75 Å². The number of hydrazine groups is 1. The number of rotatable bonds is 8. The molecule has 2 aromatic rings. The van der Waals surface area contributed by atoms with Crippen molar-refractivity contribution in [3.8, 4) is 5.75 Å². The van der Waals surface area contributed by atoms with E-state index in [1.807, 2.05) is 13.8 Å². The van der Waals surface area contributed by atoms with Crippen molar-refractivity contribution in [3.05, 3.63) is 64.2 Å². The third-order valence-corrected chi connectivity index (χ3v) is 5.87. The Labute approximate surface area is 201 Å². The fraction of sp³-hybridized carbons (Fsp3) is 0.333. The number of anilines is 1. The highest BCUT2D eigenvalue weighted by Gasteiger charge is 2.46. The average molecular weight is 482 g/mol. The van der Waals surface area contributed by atoms with Gasteiger partial charge in [0, 0.05) is 23.6 Å². The van der Waals surface area contributed by atoms with Crippen LogP contribution in [0.15, 0.2) is 48.5 Å². The molecule has 0 radical (unpaired) electrons. The quantitative estimate of drug-likeness (QED) is 0.347. The van der Waals surface area contributed by atoms with Gasteiger partial charge < -0.3 is 4.74 Å². The van der Waals surface area contributed by atoms with Crippen LogP contribution < -0.4 is 15.1 Å². The second-order valence-corrected chi connectivity index (χ2v) is 7.96. The number of hydrogen-bond donors (Lipinski definition) is 1. The van der Waals surface area contributed by atoms with Gasteiger partial charge in [0.25, 0.3) is 17.5 Å². The van der Waals surface area contributed by atoms with Crippen molar-refractivity contribution in [2.24, 2.45) is 5.92 Å². The Morgan fingerprint density at radius 2 is 1.83 bits per heavy atom. The molecule has 1 aliphatic heterocycles. The number of carbonyl (C=O) groups is 4. The van der Waals surface area contributed by atoms with Gasteiger partial charge in [-0.1, -0.05) is 19.9 Å². The first-order valence-electron chi connectivity index (χ1n) is 11.1. The minimum atomic E-state index is -1.32. The van der Waals surface area contributed by atoms with Crippen LogP contribution in [0.1, 0.15) is 43.5 Å². The minimum Gasteiger partial charge on any atom is -0.497 e. The summed E-state index contributed by atoms with van der Waals surface area (Å²) in [6.07, 6.45) is 0.627. The molecule has 35 heavy (non-hydrogen) atoms. The van der Waals surface area contributed by atoms with Crippen LogP contribution in [0, 0.1) is 16.0 Å². The number of non-ortho nitro benzene ring substituents is 1. The standard InChI is InChI=1S/C24H26N4O7/c1-4-15(5-2)22(30)25-27(23(31)16-7-6-8-18(13-16)28(33)34)20-14-21(29)26(24(20)32)17-9-11-19(35-3)12-10-17/h6-13,15,20H,4-5,14H2,1-3H3,(H,25,30). The van der Waals surface area contributed by atoms with Crippen molar-refractivity contribution in [2.45, 2.75) is 39.2 Å². The number of nitro groups is 1. The Balaban J connectivity index is 1.98. The first kappa shape index (κ1) is 25.3. The Kier molecular flexibility index (Phi) is 7.80. The third-order valence-electron chi connectivity index (χ3n) is 5.87. The lowest BCUT2D eigenvalue weighted by Gasteiger charge is -2.29. The molecule has 1 atom stereocenters. The molecule has 1 saturated heterocycles. The summed E-state index contributed by atoms with van der Waals surface area (Å²) in [5, 5.41) is 12.0. The molecule has 1 N–H and O–H groups in total. The lowest BCUT2D eigenvalue weighted by atomic mass is 10.0. The minimum absolute atomic E-state index is 0.104. The lowest BCUT2D eigenvalue weighted by molar-refractivity contribution is -0.384. The van der Waals surface area contributed by atoms with Crippen LogP contribution in [-0.4, -0.2) is 46.7 Å². The molecule has 11 heteroatoms. The summed E-state index contributed by atoms with van der Waals surface area (Å²) in [5.41, 5.74) is 2.37. The van der Waals surface area contributed by atoms with E-state index in [1.54, 1.807) is 12.1 Å². The molecule has 0 aliphatic carbocycles. The summed E-state index contributed by atoms with van der Waals surface area (Å²) in [6, 6.07) is 9.87. The fourth-order valence-electron chi connectivity index (χ4n) is 3.85. The Bertz CT molecular complexity index is 1140.